The Labute approximate surface area is 143 Å². The highest BCUT2D eigenvalue weighted by Gasteiger charge is 2.60. The lowest BCUT2D eigenvalue weighted by atomic mass is 9.68. The van der Waals surface area contributed by atoms with E-state index in [1.165, 1.54) is 0 Å². The van der Waals surface area contributed by atoms with Crippen molar-refractivity contribution >= 4 is 17.6 Å². The van der Waals surface area contributed by atoms with Crippen LogP contribution in [0.1, 0.15) is 50.4 Å². The van der Waals surface area contributed by atoms with E-state index in [1.807, 2.05) is 0 Å². The second-order valence-corrected chi connectivity index (χ2v) is 7.47. The maximum Gasteiger partial charge on any atom is 0.338 e. The minimum atomic E-state index is -0.437. The summed E-state index contributed by atoms with van der Waals surface area (Å²) < 4.78 is 4.97. The Morgan fingerprint density at radius 1 is 1.29 bits per heavy atom. The van der Waals surface area contributed by atoms with Crippen LogP contribution in [0.3, 0.4) is 0 Å². The third-order valence-electron chi connectivity index (χ3n) is 5.98. The third kappa shape index (κ3) is 2.45. The van der Waals surface area contributed by atoms with E-state index >= 15 is 0 Å². The molecule has 4 heteroatoms. The maximum absolute atomic E-state index is 13.0. The van der Waals surface area contributed by atoms with Crippen molar-refractivity contribution in [1.29, 1.82) is 0 Å². The summed E-state index contributed by atoms with van der Waals surface area (Å²) in [7, 11) is 0. The minimum Gasteiger partial charge on any atom is -0.462 e. The van der Waals surface area contributed by atoms with Crippen molar-refractivity contribution in [2.45, 2.75) is 40.0 Å². The SMILES string of the molecule is C=C1C(C)(C)[C@@H]2CC[C@@]1(C(=O)Nc1ccc(C(=O)OCC)cc1)C2. The summed E-state index contributed by atoms with van der Waals surface area (Å²) in [5.74, 6) is 0.227. The number of fused-ring (bicyclic) bond motifs is 2. The number of carbonyl (C=O) groups is 2. The number of hydrogen-bond donors (Lipinski definition) is 1. The van der Waals surface area contributed by atoms with Gasteiger partial charge >= 0.3 is 5.97 Å². The van der Waals surface area contributed by atoms with Gasteiger partial charge in [0, 0.05) is 5.69 Å². The van der Waals surface area contributed by atoms with Gasteiger partial charge in [-0.25, -0.2) is 4.79 Å². The van der Waals surface area contributed by atoms with E-state index in [1.54, 1.807) is 31.2 Å². The van der Waals surface area contributed by atoms with Gasteiger partial charge in [0.15, 0.2) is 0 Å². The molecule has 0 radical (unpaired) electrons. The fourth-order valence-electron chi connectivity index (χ4n) is 4.30. The van der Waals surface area contributed by atoms with Crippen LogP contribution >= 0.6 is 0 Å². The number of nitrogens with one attached hydrogen (secondary N) is 1. The quantitative estimate of drug-likeness (QED) is 0.666. The lowest BCUT2D eigenvalue weighted by Crippen LogP contribution is -2.37. The van der Waals surface area contributed by atoms with Gasteiger partial charge in [-0.1, -0.05) is 26.0 Å². The fourth-order valence-corrected chi connectivity index (χ4v) is 4.30. The molecule has 1 N–H and O–H groups in total. The predicted octanol–water partition coefficient (Wildman–Crippen LogP) is 4.18. The summed E-state index contributed by atoms with van der Waals surface area (Å²) in [5, 5.41) is 3.02. The van der Waals surface area contributed by atoms with Gasteiger partial charge in [-0.15, -0.1) is 0 Å². The average molecular weight is 327 g/mol. The molecule has 24 heavy (non-hydrogen) atoms. The molecule has 0 heterocycles. The summed E-state index contributed by atoms with van der Waals surface area (Å²) in [4.78, 5) is 24.6. The molecular formula is C20H25NO3. The Bertz CT molecular complexity index is 689. The Kier molecular flexibility index (Phi) is 4.02. The zero-order valence-electron chi connectivity index (χ0n) is 14.6. The van der Waals surface area contributed by atoms with E-state index in [2.05, 4.69) is 25.7 Å². The van der Waals surface area contributed by atoms with E-state index in [9.17, 15) is 9.59 Å². The molecule has 2 fully saturated rings. The second-order valence-electron chi connectivity index (χ2n) is 7.47. The molecule has 0 spiro atoms. The molecule has 3 rings (SSSR count). The molecular weight excluding hydrogens is 302 g/mol. The lowest BCUT2D eigenvalue weighted by Gasteiger charge is -2.37. The van der Waals surface area contributed by atoms with Crippen molar-refractivity contribution in [3.63, 3.8) is 0 Å². The van der Waals surface area contributed by atoms with Crippen LogP contribution in [-0.4, -0.2) is 18.5 Å². The standard InChI is InChI=1S/C20H25NO3/c1-5-24-17(22)14-6-8-16(9-7-14)21-18(23)20-11-10-15(12-20)19(3,4)13(20)2/h6-9,15H,2,5,10-12H2,1,3-4H3,(H,21,23)/t15-,20-/m1/s1. The van der Waals surface area contributed by atoms with Crippen molar-refractivity contribution in [3.8, 4) is 0 Å². The van der Waals surface area contributed by atoms with Gasteiger partial charge in [-0.3, -0.25) is 4.79 Å². The van der Waals surface area contributed by atoms with Gasteiger partial charge in [0.25, 0.3) is 0 Å². The predicted molar refractivity (Wildman–Crippen MR) is 93.7 cm³/mol. The van der Waals surface area contributed by atoms with Crippen LogP contribution in [-0.2, 0) is 9.53 Å². The number of rotatable bonds is 4. The summed E-state index contributed by atoms with van der Waals surface area (Å²) >= 11 is 0. The number of anilines is 1. The molecule has 2 aliphatic carbocycles. The first kappa shape index (κ1) is 16.7. The maximum atomic E-state index is 13.0. The van der Waals surface area contributed by atoms with Crippen LogP contribution in [0.2, 0.25) is 0 Å². The van der Waals surface area contributed by atoms with E-state index < -0.39 is 5.41 Å². The van der Waals surface area contributed by atoms with Crippen LogP contribution in [0.4, 0.5) is 5.69 Å². The molecule has 0 aliphatic heterocycles. The van der Waals surface area contributed by atoms with Gasteiger partial charge in [0.2, 0.25) is 5.91 Å². The Hall–Kier alpha value is -2.10. The molecule has 0 unspecified atom stereocenters. The van der Waals surface area contributed by atoms with Gasteiger partial charge in [0.1, 0.15) is 0 Å². The number of amides is 1. The summed E-state index contributed by atoms with van der Waals surface area (Å²) in [5.41, 5.74) is 1.84. The number of esters is 1. The zero-order valence-corrected chi connectivity index (χ0v) is 14.6. The highest BCUT2D eigenvalue weighted by atomic mass is 16.5. The zero-order chi connectivity index (χ0) is 17.5. The monoisotopic (exact) mass is 327 g/mol. The van der Waals surface area contributed by atoms with Gasteiger partial charge < -0.3 is 10.1 Å². The lowest BCUT2D eigenvalue weighted by molar-refractivity contribution is -0.123. The van der Waals surface area contributed by atoms with Gasteiger partial charge in [0.05, 0.1) is 17.6 Å². The highest BCUT2D eigenvalue weighted by molar-refractivity contribution is 5.99. The molecule has 1 aromatic carbocycles. The molecule has 2 aliphatic rings. The smallest absolute Gasteiger partial charge is 0.338 e. The minimum absolute atomic E-state index is 0.0311. The van der Waals surface area contributed by atoms with E-state index in [0.717, 1.165) is 24.8 Å². The average Bonchev–Trinajstić information content (AvgIpc) is 3.08. The van der Waals surface area contributed by atoms with Crippen LogP contribution in [0.5, 0.6) is 0 Å². The fraction of sp³-hybridized carbons (Fsp3) is 0.500. The van der Waals surface area contributed by atoms with E-state index in [0.29, 0.717) is 23.8 Å². The molecule has 0 saturated heterocycles. The molecule has 4 nitrogen and oxygen atoms in total. The Morgan fingerprint density at radius 2 is 1.96 bits per heavy atom. The normalized spacial score (nSPS) is 27.1. The summed E-state index contributed by atoms with van der Waals surface area (Å²) in [6.07, 6.45) is 2.86. The first-order chi connectivity index (χ1) is 11.3. The Balaban J connectivity index is 1.74. The first-order valence-corrected chi connectivity index (χ1v) is 8.60. The molecule has 2 saturated carbocycles. The Morgan fingerprint density at radius 3 is 2.50 bits per heavy atom. The second kappa shape index (κ2) is 5.76. The summed E-state index contributed by atoms with van der Waals surface area (Å²) in [6.45, 7) is 10.8. The van der Waals surface area contributed by atoms with Crippen LogP contribution in [0.15, 0.2) is 36.4 Å². The van der Waals surface area contributed by atoms with Gasteiger partial charge in [-0.05, 0) is 61.8 Å². The first-order valence-electron chi connectivity index (χ1n) is 8.60. The van der Waals surface area contributed by atoms with Crippen molar-refractivity contribution < 1.29 is 14.3 Å². The largest absolute Gasteiger partial charge is 0.462 e. The van der Waals surface area contributed by atoms with Crippen molar-refractivity contribution in [2.75, 3.05) is 11.9 Å². The van der Waals surface area contributed by atoms with Gasteiger partial charge in [-0.2, -0.15) is 0 Å². The van der Waals surface area contributed by atoms with E-state index in [-0.39, 0.29) is 17.3 Å². The molecule has 0 aromatic heterocycles. The number of ether oxygens (including phenoxy) is 1. The van der Waals surface area contributed by atoms with Crippen molar-refractivity contribution in [3.05, 3.63) is 42.0 Å². The molecule has 2 bridgehead atoms. The van der Waals surface area contributed by atoms with Crippen LogP contribution in [0, 0.1) is 16.7 Å². The third-order valence-corrected chi connectivity index (χ3v) is 5.98. The van der Waals surface area contributed by atoms with E-state index in [4.69, 9.17) is 4.74 Å². The van der Waals surface area contributed by atoms with Crippen molar-refractivity contribution in [1.82, 2.24) is 0 Å². The topological polar surface area (TPSA) is 55.4 Å². The molecule has 1 amide bonds. The number of carbonyl (C=O) groups excluding carboxylic acids is 2. The summed E-state index contributed by atoms with van der Waals surface area (Å²) in [6, 6.07) is 6.85. The number of benzene rings is 1. The van der Waals surface area contributed by atoms with Crippen LogP contribution in [0.25, 0.3) is 0 Å². The highest BCUT2D eigenvalue weighted by Crippen LogP contribution is 2.65. The number of hydrogen-bond acceptors (Lipinski definition) is 3. The molecule has 128 valence electrons. The molecule has 1 aromatic rings. The molecule has 2 atom stereocenters. The van der Waals surface area contributed by atoms with Crippen molar-refractivity contribution in [2.24, 2.45) is 16.7 Å². The van der Waals surface area contributed by atoms with Crippen LogP contribution < -0.4 is 5.32 Å².